The molecule has 0 spiro atoms. The van der Waals surface area contributed by atoms with E-state index in [1.165, 1.54) is 24.5 Å². The van der Waals surface area contributed by atoms with E-state index in [4.69, 9.17) is 11.6 Å². The first kappa shape index (κ1) is 13.4. The first-order chi connectivity index (χ1) is 9.08. The molecule has 0 aliphatic carbocycles. The van der Waals surface area contributed by atoms with Crippen LogP contribution in [0.5, 0.6) is 0 Å². The fourth-order valence-electron chi connectivity index (χ4n) is 1.49. The van der Waals surface area contributed by atoms with Gasteiger partial charge in [0.1, 0.15) is 0 Å². The second kappa shape index (κ2) is 5.75. The molecule has 1 aromatic heterocycles. The van der Waals surface area contributed by atoms with Gasteiger partial charge < -0.3 is 5.32 Å². The molecule has 2 aromatic rings. The molecule has 0 aliphatic heterocycles. The van der Waals surface area contributed by atoms with E-state index in [0.717, 1.165) is 12.1 Å². The van der Waals surface area contributed by atoms with Crippen LogP contribution in [0.25, 0.3) is 0 Å². The number of nitrogens with one attached hydrogen (secondary N) is 1. The van der Waals surface area contributed by atoms with E-state index >= 15 is 0 Å². The van der Waals surface area contributed by atoms with Gasteiger partial charge in [0.15, 0.2) is 11.6 Å². The molecule has 0 bridgehead atoms. The van der Waals surface area contributed by atoms with Crippen molar-refractivity contribution in [1.82, 2.24) is 10.3 Å². The Balaban J connectivity index is 2.04. The van der Waals surface area contributed by atoms with Gasteiger partial charge in [-0.15, -0.1) is 0 Å². The lowest BCUT2D eigenvalue weighted by Gasteiger charge is -2.06. The highest BCUT2D eigenvalue weighted by Crippen LogP contribution is 2.13. The van der Waals surface area contributed by atoms with Gasteiger partial charge in [-0.25, -0.2) is 8.78 Å². The summed E-state index contributed by atoms with van der Waals surface area (Å²) in [6.07, 6.45) is 2.80. The average Bonchev–Trinajstić information content (AvgIpc) is 2.40. The molecule has 98 valence electrons. The summed E-state index contributed by atoms with van der Waals surface area (Å²) in [4.78, 5) is 15.6. The largest absolute Gasteiger partial charge is 0.348 e. The second-order valence-electron chi connectivity index (χ2n) is 3.79. The third-order valence-electron chi connectivity index (χ3n) is 2.45. The monoisotopic (exact) mass is 282 g/mol. The fraction of sp³-hybridized carbons (Fsp3) is 0.0769. The van der Waals surface area contributed by atoms with Gasteiger partial charge in [0.05, 0.1) is 10.6 Å². The Kier molecular flexibility index (Phi) is 4.06. The minimum absolute atomic E-state index is 0.0781. The molecule has 1 aromatic carbocycles. The molecule has 0 saturated carbocycles. The molecule has 0 radical (unpaired) electrons. The lowest BCUT2D eigenvalue weighted by molar-refractivity contribution is 0.0951. The number of rotatable bonds is 3. The number of benzene rings is 1. The topological polar surface area (TPSA) is 42.0 Å². The SMILES string of the molecule is O=C(NCc1ccc(F)c(F)c1)c1ccncc1Cl. The number of nitrogens with zero attached hydrogens (tertiary/aromatic N) is 1. The summed E-state index contributed by atoms with van der Waals surface area (Å²) in [7, 11) is 0. The summed E-state index contributed by atoms with van der Waals surface area (Å²) in [5.74, 6) is -2.28. The van der Waals surface area contributed by atoms with Gasteiger partial charge in [0, 0.05) is 18.9 Å². The molecule has 1 amide bonds. The van der Waals surface area contributed by atoms with Gasteiger partial charge >= 0.3 is 0 Å². The quantitative estimate of drug-likeness (QED) is 0.940. The van der Waals surface area contributed by atoms with E-state index in [9.17, 15) is 13.6 Å². The summed E-state index contributed by atoms with van der Waals surface area (Å²) in [5.41, 5.74) is 0.733. The van der Waals surface area contributed by atoms with Crippen LogP contribution < -0.4 is 5.32 Å². The predicted octanol–water partition coefficient (Wildman–Crippen LogP) is 2.94. The first-order valence-corrected chi connectivity index (χ1v) is 5.77. The van der Waals surface area contributed by atoms with E-state index in [0.29, 0.717) is 5.56 Å². The number of hydrogen-bond acceptors (Lipinski definition) is 2. The summed E-state index contributed by atoms with van der Waals surface area (Å²) >= 11 is 5.81. The average molecular weight is 283 g/mol. The Labute approximate surface area is 113 Å². The minimum atomic E-state index is -0.950. The summed E-state index contributed by atoms with van der Waals surface area (Å²) < 4.78 is 25.7. The number of pyridine rings is 1. The van der Waals surface area contributed by atoms with Gasteiger partial charge in [-0.3, -0.25) is 9.78 Å². The predicted molar refractivity (Wildman–Crippen MR) is 66.8 cm³/mol. The highest BCUT2D eigenvalue weighted by atomic mass is 35.5. The lowest BCUT2D eigenvalue weighted by atomic mass is 10.2. The van der Waals surface area contributed by atoms with Crippen LogP contribution in [-0.4, -0.2) is 10.9 Å². The van der Waals surface area contributed by atoms with Crippen LogP contribution in [0.1, 0.15) is 15.9 Å². The maximum absolute atomic E-state index is 13.0. The fourth-order valence-corrected chi connectivity index (χ4v) is 1.69. The number of carbonyl (C=O) groups excluding carboxylic acids is 1. The molecule has 1 heterocycles. The van der Waals surface area contributed by atoms with Crippen LogP contribution >= 0.6 is 11.6 Å². The van der Waals surface area contributed by atoms with Crippen LogP contribution in [0.4, 0.5) is 8.78 Å². The minimum Gasteiger partial charge on any atom is -0.348 e. The molecule has 2 rings (SSSR count). The number of carbonyl (C=O) groups is 1. The van der Waals surface area contributed by atoms with Crippen molar-refractivity contribution in [2.45, 2.75) is 6.54 Å². The lowest BCUT2D eigenvalue weighted by Crippen LogP contribution is -2.23. The number of aromatic nitrogens is 1. The Morgan fingerprint density at radius 2 is 2.05 bits per heavy atom. The highest BCUT2D eigenvalue weighted by molar-refractivity contribution is 6.33. The van der Waals surface area contributed by atoms with E-state index < -0.39 is 17.5 Å². The Morgan fingerprint density at radius 1 is 1.26 bits per heavy atom. The molecule has 3 nitrogen and oxygen atoms in total. The van der Waals surface area contributed by atoms with E-state index in [2.05, 4.69) is 10.3 Å². The number of hydrogen-bond donors (Lipinski definition) is 1. The van der Waals surface area contributed by atoms with Gasteiger partial charge in [0.2, 0.25) is 0 Å². The Hall–Kier alpha value is -2.01. The van der Waals surface area contributed by atoms with Crippen molar-refractivity contribution in [1.29, 1.82) is 0 Å². The van der Waals surface area contributed by atoms with Crippen LogP contribution in [0.15, 0.2) is 36.7 Å². The third-order valence-corrected chi connectivity index (χ3v) is 2.76. The van der Waals surface area contributed by atoms with Crippen LogP contribution in [-0.2, 0) is 6.54 Å². The summed E-state index contributed by atoms with van der Waals surface area (Å²) in [6, 6.07) is 4.91. The molecule has 1 N–H and O–H groups in total. The molecular weight excluding hydrogens is 274 g/mol. The molecule has 0 fully saturated rings. The molecule has 19 heavy (non-hydrogen) atoms. The van der Waals surface area contributed by atoms with Crippen molar-refractivity contribution >= 4 is 17.5 Å². The Bertz CT molecular complexity index is 619. The van der Waals surface area contributed by atoms with Crippen molar-refractivity contribution in [2.75, 3.05) is 0 Å². The van der Waals surface area contributed by atoms with Crippen molar-refractivity contribution in [3.05, 3.63) is 64.4 Å². The zero-order valence-electron chi connectivity index (χ0n) is 9.66. The normalized spacial score (nSPS) is 10.3. The van der Waals surface area contributed by atoms with Crippen molar-refractivity contribution in [3.63, 3.8) is 0 Å². The smallest absolute Gasteiger partial charge is 0.253 e. The zero-order chi connectivity index (χ0) is 13.8. The van der Waals surface area contributed by atoms with E-state index in [1.807, 2.05) is 0 Å². The van der Waals surface area contributed by atoms with Crippen LogP contribution in [0.3, 0.4) is 0 Å². The van der Waals surface area contributed by atoms with Crippen molar-refractivity contribution < 1.29 is 13.6 Å². The zero-order valence-corrected chi connectivity index (χ0v) is 10.4. The van der Waals surface area contributed by atoms with Crippen LogP contribution in [0.2, 0.25) is 5.02 Å². The van der Waals surface area contributed by atoms with E-state index in [1.54, 1.807) is 0 Å². The molecular formula is C13H9ClF2N2O. The molecule has 6 heteroatoms. The van der Waals surface area contributed by atoms with E-state index in [-0.39, 0.29) is 17.1 Å². The molecule has 0 saturated heterocycles. The number of amides is 1. The Morgan fingerprint density at radius 3 is 2.74 bits per heavy atom. The van der Waals surface area contributed by atoms with Crippen molar-refractivity contribution in [2.24, 2.45) is 0 Å². The maximum Gasteiger partial charge on any atom is 0.253 e. The molecule has 0 aliphatic rings. The van der Waals surface area contributed by atoms with Gasteiger partial charge in [-0.05, 0) is 23.8 Å². The van der Waals surface area contributed by atoms with Gasteiger partial charge in [-0.1, -0.05) is 17.7 Å². The molecule has 0 unspecified atom stereocenters. The summed E-state index contributed by atoms with van der Waals surface area (Å²) in [5, 5.41) is 2.79. The summed E-state index contributed by atoms with van der Waals surface area (Å²) in [6.45, 7) is 0.0781. The highest BCUT2D eigenvalue weighted by Gasteiger charge is 2.10. The molecule has 0 atom stereocenters. The first-order valence-electron chi connectivity index (χ1n) is 5.39. The van der Waals surface area contributed by atoms with Gasteiger partial charge in [-0.2, -0.15) is 0 Å². The maximum atomic E-state index is 13.0. The third kappa shape index (κ3) is 3.26. The van der Waals surface area contributed by atoms with Gasteiger partial charge in [0.25, 0.3) is 5.91 Å². The van der Waals surface area contributed by atoms with Crippen LogP contribution in [0, 0.1) is 11.6 Å². The second-order valence-corrected chi connectivity index (χ2v) is 4.19. The van der Waals surface area contributed by atoms with Crippen molar-refractivity contribution in [3.8, 4) is 0 Å². The number of halogens is 3. The standard InChI is InChI=1S/C13H9ClF2N2O/c14-10-7-17-4-3-9(10)13(19)18-6-8-1-2-11(15)12(16)5-8/h1-5,7H,6H2,(H,18,19).